The molecule has 26 heavy (non-hydrogen) atoms. The van der Waals surface area contributed by atoms with Crippen LogP contribution in [-0.4, -0.2) is 51.4 Å². The molecule has 0 bridgehead atoms. The van der Waals surface area contributed by atoms with E-state index in [1.54, 1.807) is 0 Å². The molecule has 1 unspecified atom stereocenters. The summed E-state index contributed by atoms with van der Waals surface area (Å²) in [7, 11) is 0. The molecule has 1 N–H and O–H groups in total. The fourth-order valence-corrected chi connectivity index (χ4v) is 2.62. The maximum atomic E-state index is 13.4. The van der Waals surface area contributed by atoms with Gasteiger partial charge in [-0.25, -0.2) is 0 Å². The lowest BCUT2D eigenvalue weighted by atomic mass is 9.91. The maximum Gasteiger partial charge on any atom is 0.460 e. The average Bonchev–Trinajstić information content (AvgIpc) is 2.42. The molecule has 1 atom stereocenters. The Bertz CT molecular complexity index is 473. The molecule has 0 aromatic carbocycles. The molecule has 0 aromatic rings. The molecule has 0 aliphatic heterocycles. The molecule has 0 rings (SSSR count). The van der Waals surface area contributed by atoms with Gasteiger partial charge < -0.3 is 5.11 Å². The van der Waals surface area contributed by atoms with E-state index in [0.29, 0.717) is 0 Å². The van der Waals surface area contributed by atoms with Crippen LogP contribution in [0.5, 0.6) is 0 Å². The molecule has 0 heterocycles. The Labute approximate surface area is 151 Å². The molecule has 0 amide bonds. The van der Waals surface area contributed by atoms with Gasteiger partial charge in [0.15, 0.2) is 0 Å². The zero-order chi connectivity index (χ0) is 21.4. The summed E-state index contributed by atoms with van der Waals surface area (Å²) in [6, 6.07) is 0. The van der Waals surface area contributed by atoms with Gasteiger partial charge in [-0.15, -0.1) is 0 Å². The van der Waals surface area contributed by atoms with Crippen molar-refractivity contribution in [1.29, 1.82) is 0 Å². The molecule has 0 aliphatic rings. The smallest absolute Gasteiger partial charge is 0.396 e. The van der Waals surface area contributed by atoms with Crippen molar-refractivity contribution in [3.05, 3.63) is 0 Å². The van der Waals surface area contributed by atoms with Gasteiger partial charge in [-0.2, -0.15) is 57.1 Å². The Kier molecular flexibility index (Phi) is 7.59. The third kappa shape index (κ3) is 4.27. The van der Waals surface area contributed by atoms with Gasteiger partial charge in [0.05, 0.1) is 0 Å². The predicted octanol–water partition coefficient (Wildman–Crippen LogP) is 5.69. The topological polar surface area (TPSA) is 20.2 Å². The van der Waals surface area contributed by atoms with Crippen LogP contribution in [0.15, 0.2) is 0 Å². The van der Waals surface area contributed by atoms with E-state index in [1.165, 1.54) is 0 Å². The molecule has 0 saturated heterocycles. The van der Waals surface area contributed by atoms with Gasteiger partial charge in [0.25, 0.3) is 0 Å². The fourth-order valence-electron chi connectivity index (χ4n) is 1.62. The van der Waals surface area contributed by atoms with Gasteiger partial charge in [-0.3, -0.25) is 0 Å². The summed E-state index contributed by atoms with van der Waals surface area (Å²) < 4.78 is 165. The molecule has 0 saturated carbocycles. The first kappa shape index (κ1) is 25.8. The lowest BCUT2D eigenvalue weighted by molar-refractivity contribution is -0.440. The van der Waals surface area contributed by atoms with Crippen LogP contribution in [0.1, 0.15) is 19.3 Å². The molecule has 0 aliphatic carbocycles. The van der Waals surface area contributed by atoms with Crippen LogP contribution < -0.4 is 0 Å². The molecule has 0 radical (unpaired) electrons. The number of hydrogen-bond acceptors (Lipinski definition) is 1. The summed E-state index contributed by atoms with van der Waals surface area (Å²) >= 11 is 1.02. The molecular weight excluding hydrogens is 522 g/mol. The minimum Gasteiger partial charge on any atom is -0.396 e. The van der Waals surface area contributed by atoms with Crippen molar-refractivity contribution in [1.82, 2.24) is 0 Å². The molecule has 15 heteroatoms. The van der Waals surface area contributed by atoms with Crippen molar-refractivity contribution in [2.45, 2.75) is 59.0 Å². The van der Waals surface area contributed by atoms with E-state index in [2.05, 4.69) is 0 Å². The highest BCUT2D eigenvalue weighted by molar-refractivity contribution is 14.1. The zero-order valence-electron chi connectivity index (χ0n) is 12.1. The normalized spacial score (nSPS) is 16.7. The number of halogens is 14. The standard InChI is InChI=1S/C11H10F13IO/c12-6(13,4-5(25)2-1-3-26)7(14,15)8(16,17)9(18,19)10(20,21)11(22,23)24/h5,26H,1-4H2. The summed E-state index contributed by atoms with van der Waals surface area (Å²) in [5.41, 5.74) is 0. The van der Waals surface area contributed by atoms with Crippen LogP contribution >= 0.6 is 22.6 Å². The van der Waals surface area contributed by atoms with Crippen molar-refractivity contribution in [2.75, 3.05) is 6.61 Å². The fraction of sp³-hybridized carbons (Fsp3) is 1.00. The lowest BCUT2D eigenvalue weighted by Crippen LogP contribution is -2.70. The van der Waals surface area contributed by atoms with Crippen molar-refractivity contribution in [3.8, 4) is 0 Å². The molecule has 1 nitrogen and oxygen atoms in total. The monoisotopic (exact) mass is 532 g/mol. The highest BCUT2D eigenvalue weighted by atomic mass is 127. The SMILES string of the molecule is OCCCC(I)CC(F)(F)C(F)(F)C(F)(F)C(F)(F)C(F)(F)C(F)(F)F. The van der Waals surface area contributed by atoms with Crippen molar-refractivity contribution in [2.24, 2.45) is 0 Å². The number of alkyl halides is 14. The zero-order valence-corrected chi connectivity index (χ0v) is 14.3. The van der Waals surface area contributed by atoms with Crippen LogP contribution in [-0.2, 0) is 0 Å². The highest BCUT2D eigenvalue weighted by Gasteiger charge is 2.90. The number of aliphatic hydroxyl groups excluding tert-OH is 1. The molecular formula is C11H10F13IO. The second-order valence-corrected chi connectivity index (χ2v) is 6.93. The molecule has 0 aromatic heterocycles. The Morgan fingerprint density at radius 3 is 1.38 bits per heavy atom. The van der Waals surface area contributed by atoms with Gasteiger partial charge in [0.1, 0.15) is 0 Å². The minimum absolute atomic E-state index is 0.270. The summed E-state index contributed by atoms with van der Waals surface area (Å²) in [4.78, 5) is 0. The highest BCUT2D eigenvalue weighted by Crippen LogP contribution is 2.60. The van der Waals surface area contributed by atoms with E-state index < -0.39 is 59.2 Å². The van der Waals surface area contributed by atoms with Gasteiger partial charge in [-0.05, 0) is 12.8 Å². The van der Waals surface area contributed by atoms with E-state index in [1.807, 2.05) is 0 Å². The van der Waals surface area contributed by atoms with Crippen LogP contribution in [0, 0.1) is 0 Å². The van der Waals surface area contributed by atoms with Crippen LogP contribution in [0.4, 0.5) is 57.1 Å². The van der Waals surface area contributed by atoms with Crippen molar-refractivity contribution >= 4 is 22.6 Å². The van der Waals surface area contributed by atoms with Gasteiger partial charge in [-0.1, -0.05) is 22.6 Å². The molecule has 158 valence electrons. The van der Waals surface area contributed by atoms with E-state index in [0.717, 1.165) is 22.6 Å². The predicted molar refractivity (Wildman–Crippen MR) is 69.5 cm³/mol. The molecule has 0 fully saturated rings. The van der Waals surface area contributed by atoms with E-state index in [9.17, 15) is 57.1 Å². The summed E-state index contributed by atoms with van der Waals surface area (Å²) in [6.45, 7) is -0.618. The van der Waals surface area contributed by atoms with Gasteiger partial charge in [0.2, 0.25) is 0 Å². The number of rotatable bonds is 9. The van der Waals surface area contributed by atoms with Gasteiger partial charge in [0, 0.05) is 17.0 Å². The van der Waals surface area contributed by atoms with E-state index in [-0.39, 0.29) is 6.42 Å². The second kappa shape index (κ2) is 7.66. The third-order valence-electron chi connectivity index (χ3n) is 3.15. The number of hydrogen-bond donors (Lipinski definition) is 1. The first-order valence-corrected chi connectivity index (χ1v) is 7.66. The lowest BCUT2D eigenvalue weighted by Gasteiger charge is -2.40. The van der Waals surface area contributed by atoms with Crippen LogP contribution in [0.25, 0.3) is 0 Å². The Balaban J connectivity index is 5.92. The first-order valence-electron chi connectivity index (χ1n) is 6.41. The Morgan fingerprint density at radius 1 is 0.654 bits per heavy atom. The second-order valence-electron chi connectivity index (χ2n) is 5.17. The van der Waals surface area contributed by atoms with Crippen LogP contribution in [0.3, 0.4) is 0 Å². The van der Waals surface area contributed by atoms with Crippen molar-refractivity contribution < 1.29 is 62.2 Å². The van der Waals surface area contributed by atoms with E-state index in [4.69, 9.17) is 5.11 Å². The third-order valence-corrected chi connectivity index (χ3v) is 4.21. The minimum atomic E-state index is -7.86. The largest absolute Gasteiger partial charge is 0.460 e. The molecule has 0 spiro atoms. The van der Waals surface area contributed by atoms with E-state index >= 15 is 0 Å². The Hall–Kier alpha value is -0.220. The maximum absolute atomic E-state index is 13.4. The Morgan fingerprint density at radius 2 is 1.04 bits per heavy atom. The summed E-state index contributed by atoms with van der Waals surface area (Å²) in [5, 5.41) is 8.43. The van der Waals surface area contributed by atoms with Crippen molar-refractivity contribution in [3.63, 3.8) is 0 Å². The quantitative estimate of drug-likeness (QED) is 0.230. The number of aliphatic hydroxyl groups is 1. The first-order chi connectivity index (χ1) is 11.2. The van der Waals surface area contributed by atoms with Gasteiger partial charge >= 0.3 is 35.8 Å². The van der Waals surface area contributed by atoms with Crippen LogP contribution in [0.2, 0.25) is 0 Å². The average molecular weight is 532 g/mol. The summed E-state index contributed by atoms with van der Waals surface area (Å²) in [5.74, 6) is -36.6. The summed E-state index contributed by atoms with van der Waals surface area (Å²) in [6.07, 6.45) is -10.4.